The van der Waals surface area contributed by atoms with Gasteiger partial charge in [0.1, 0.15) is 5.82 Å². The lowest BCUT2D eigenvalue weighted by Crippen LogP contribution is -2.57. The number of aliphatic hydroxyl groups is 1. The number of hydrogen-bond acceptors (Lipinski definition) is 3. The molecule has 2 fully saturated rings. The maximum atomic E-state index is 13.1. The molecule has 2 aliphatic rings. The average Bonchev–Trinajstić information content (AvgIpc) is 2.69. The van der Waals surface area contributed by atoms with E-state index in [4.69, 9.17) is 0 Å². The van der Waals surface area contributed by atoms with E-state index in [0.29, 0.717) is 18.8 Å². The second kappa shape index (κ2) is 6.82. The molecule has 4 rings (SSSR count). The predicted octanol–water partition coefficient (Wildman–Crippen LogP) is 4.76. The second-order valence-corrected chi connectivity index (χ2v) is 7.59. The van der Waals surface area contributed by atoms with Crippen molar-refractivity contribution in [2.45, 2.75) is 49.9 Å². The van der Waals surface area contributed by atoms with Crippen LogP contribution in [0.25, 0.3) is 0 Å². The van der Waals surface area contributed by atoms with Crippen LogP contribution in [0.5, 0.6) is 0 Å². The van der Waals surface area contributed by atoms with Gasteiger partial charge in [-0.2, -0.15) is 13.2 Å². The number of rotatable bonds is 2. The molecular formula is C21H23F3N2O. The van der Waals surface area contributed by atoms with Gasteiger partial charge in [-0.05, 0) is 37.0 Å². The number of halogens is 3. The molecule has 2 aromatic rings. The van der Waals surface area contributed by atoms with E-state index < -0.39 is 17.3 Å². The topological polar surface area (TPSA) is 36.4 Å². The van der Waals surface area contributed by atoms with Crippen molar-refractivity contribution in [1.29, 1.82) is 0 Å². The number of aromatic nitrogens is 1. The molecule has 1 aromatic carbocycles. The minimum Gasteiger partial charge on any atom is -0.385 e. The number of benzene rings is 1. The Kier molecular flexibility index (Phi) is 4.62. The first kappa shape index (κ1) is 18.3. The van der Waals surface area contributed by atoms with Crippen LogP contribution in [0, 0.1) is 5.92 Å². The van der Waals surface area contributed by atoms with Crippen LogP contribution in [-0.2, 0) is 11.8 Å². The van der Waals surface area contributed by atoms with E-state index in [0.717, 1.165) is 43.4 Å². The summed E-state index contributed by atoms with van der Waals surface area (Å²) in [5, 5.41) is 11.6. The number of hydrogen-bond donors (Lipinski definition) is 1. The fourth-order valence-electron chi connectivity index (χ4n) is 4.80. The SMILES string of the molecule is OC1(c2ccccc2)CCN(c2cc(C(F)(F)F)ccn2)C2CCCCC21. The minimum absolute atomic E-state index is 0.00584. The van der Waals surface area contributed by atoms with E-state index >= 15 is 0 Å². The van der Waals surface area contributed by atoms with E-state index in [1.807, 2.05) is 35.2 Å². The van der Waals surface area contributed by atoms with Crippen LogP contribution in [0.4, 0.5) is 19.0 Å². The number of pyridine rings is 1. The van der Waals surface area contributed by atoms with Crippen LogP contribution >= 0.6 is 0 Å². The van der Waals surface area contributed by atoms with Gasteiger partial charge in [0.05, 0.1) is 11.2 Å². The molecule has 3 atom stereocenters. The van der Waals surface area contributed by atoms with Crippen molar-refractivity contribution in [2.75, 3.05) is 11.4 Å². The van der Waals surface area contributed by atoms with Crippen LogP contribution in [0.15, 0.2) is 48.7 Å². The molecule has 1 saturated heterocycles. The summed E-state index contributed by atoms with van der Waals surface area (Å²) in [7, 11) is 0. The monoisotopic (exact) mass is 376 g/mol. The predicted molar refractivity (Wildman–Crippen MR) is 97.3 cm³/mol. The summed E-state index contributed by atoms with van der Waals surface area (Å²) in [5.41, 5.74) is -0.716. The molecule has 1 N–H and O–H groups in total. The van der Waals surface area contributed by atoms with Crippen molar-refractivity contribution in [3.8, 4) is 0 Å². The minimum atomic E-state index is -4.38. The molecule has 144 valence electrons. The van der Waals surface area contributed by atoms with Crippen molar-refractivity contribution in [1.82, 2.24) is 4.98 Å². The lowest BCUT2D eigenvalue weighted by atomic mass is 9.66. The summed E-state index contributed by atoms with van der Waals surface area (Å²) in [4.78, 5) is 6.22. The highest BCUT2D eigenvalue weighted by atomic mass is 19.4. The van der Waals surface area contributed by atoms with Gasteiger partial charge < -0.3 is 10.0 Å². The lowest BCUT2D eigenvalue weighted by molar-refractivity contribution is -0.137. The van der Waals surface area contributed by atoms with E-state index in [-0.39, 0.29) is 12.0 Å². The van der Waals surface area contributed by atoms with E-state index in [1.54, 1.807) is 0 Å². The quantitative estimate of drug-likeness (QED) is 0.821. The zero-order valence-electron chi connectivity index (χ0n) is 15.0. The van der Waals surface area contributed by atoms with Crippen LogP contribution in [0.3, 0.4) is 0 Å². The van der Waals surface area contributed by atoms with Crippen molar-refractivity contribution in [2.24, 2.45) is 5.92 Å². The van der Waals surface area contributed by atoms with Gasteiger partial charge in [-0.15, -0.1) is 0 Å². The van der Waals surface area contributed by atoms with E-state index in [1.165, 1.54) is 6.20 Å². The van der Waals surface area contributed by atoms with Crippen molar-refractivity contribution < 1.29 is 18.3 Å². The third-order valence-electron chi connectivity index (χ3n) is 6.12. The van der Waals surface area contributed by atoms with Crippen LogP contribution in [-0.4, -0.2) is 22.7 Å². The molecule has 3 nitrogen and oxygen atoms in total. The molecule has 6 heteroatoms. The number of fused-ring (bicyclic) bond motifs is 1. The molecule has 1 aromatic heterocycles. The Hall–Kier alpha value is -2.08. The van der Waals surface area contributed by atoms with E-state index in [2.05, 4.69) is 4.98 Å². The highest BCUT2D eigenvalue weighted by Crippen LogP contribution is 2.48. The largest absolute Gasteiger partial charge is 0.416 e. The molecule has 3 unspecified atom stereocenters. The zero-order valence-corrected chi connectivity index (χ0v) is 15.0. The Balaban J connectivity index is 1.68. The summed E-state index contributed by atoms with van der Waals surface area (Å²) < 4.78 is 39.4. The number of piperidine rings is 1. The highest BCUT2D eigenvalue weighted by molar-refractivity contribution is 5.45. The fourth-order valence-corrected chi connectivity index (χ4v) is 4.80. The van der Waals surface area contributed by atoms with Gasteiger partial charge in [0, 0.05) is 24.7 Å². The number of nitrogens with zero attached hydrogens (tertiary/aromatic N) is 2. The first-order chi connectivity index (χ1) is 12.9. The first-order valence-corrected chi connectivity index (χ1v) is 9.47. The highest BCUT2D eigenvalue weighted by Gasteiger charge is 2.49. The van der Waals surface area contributed by atoms with Crippen LogP contribution in [0.1, 0.15) is 43.2 Å². The third kappa shape index (κ3) is 3.31. The van der Waals surface area contributed by atoms with Gasteiger partial charge in [-0.3, -0.25) is 0 Å². The summed E-state index contributed by atoms with van der Waals surface area (Å²) >= 11 is 0. The Labute approximate surface area is 156 Å². The summed E-state index contributed by atoms with van der Waals surface area (Å²) in [6, 6.07) is 11.8. The number of alkyl halides is 3. The van der Waals surface area contributed by atoms with Gasteiger partial charge in [-0.25, -0.2) is 4.98 Å². The molecule has 0 radical (unpaired) electrons. The van der Waals surface area contributed by atoms with Crippen LogP contribution < -0.4 is 4.90 Å². The Morgan fingerprint density at radius 1 is 1.07 bits per heavy atom. The molecule has 2 heterocycles. The fraction of sp³-hybridized carbons (Fsp3) is 0.476. The summed E-state index contributed by atoms with van der Waals surface area (Å²) in [5.74, 6) is 0.343. The summed E-state index contributed by atoms with van der Waals surface area (Å²) in [6.45, 7) is 0.487. The molecule has 1 saturated carbocycles. The molecule has 1 aliphatic carbocycles. The Bertz CT molecular complexity index is 796. The Morgan fingerprint density at radius 2 is 1.81 bits per heavy atom. The molecule has 0 spiro atoms. The smallest absolute Gasteiger partial charge is 0.385 e. The lowest BCUT2D eigenvalue weighted by Gasteiger charge is -2.53. The van der Waals surface area contributed by atoms with Gasteiger partial charge >= 0.3 is 6.18 Å². The van der Waals surface area contributed by atoms with Gasteiger partial charge in [0.25, 0.3) is 0 Å². The van der Waals surface area contributed by atoms with Crippen molar-refractivity contribution in [3.05, 3.63) is 59.8 Å². The number of anilines is 1. The molecule has 27 heavy (non-hydrogen) atoms. The van der Waals surface area contributed by atoms with Crippen LogP contribution in [0.2, 0.25) is 0 Å². The zero-order chi connectivity index (χ0) is 19.1. The molecule has 0 amide bonds. The van der Waals surface area contributed by atoms with E-state index in [9.17, 15) is 18.3 Å². The maximum Gasteiger partial charge on any atom is 0.416 e. The van der Waals surface area contributed by atoms with Gasteiger partial charge in [0.15, 0.2) is 0 Å². The summed E-state index contributed by atoms with van der Waals surface area (Å²) in [6.07, 6.45) is 1.10. The third-order valence-corrected chi connectivity index (χ3v) is 6.12. The molecular weight excluding hydrogens is 353 g/mol. The van der Waals surface area contributed by atoms with Gasteiger partial charge in [0.2, 0.25) is 0 Å². The second-order valence-electron chi connectivity index (χ2n) is 7.59. The maximum absolute atomic E-state index is 13.1. The standard InChI is InChI=1S/C21H23F3N2O/c22-21(23,24)16-10-12-25-19(14-16)26-13-11-20(27,15-6-2-1-3-7-15)17-8-4-5-9-18(17)26/h1-3,6-7,10,12,14,17-18,27H,4-5,8-9,11,13H2. The normalized spacial score (nSPS) is 28.7. The molecule has 0 bridgehead atoms. The first-order valence-electron chi connectivity index (χ1n) is 9.47. The van der Waals surface area contributed by atoms with Crippen molar-refractivity contribution >= 4 is 5.82 Å². The molecule has 1 aliphatic heterocycles. The average molecular weight is 376 g/mol. The Morgan fingerprint density at radius 3 is 2.56 bits per heavy atom. The van der Waals surface area contributed by atoms with Gasteiger partial charge in [-0.1, -0.05) is 43.2 Å². The van der Waals surface area contributed by atoms with Crippen molar-refractivity contribution in [3.63, 3.8) is 0 Å².